The van der Waals surface area contributed by atoms with Crippen molar-refractivity contribution < 1.29 is 17.9 Å². The molecule has 0 bridgehead atoms. The molecule has 0 saturated heterocycles. The molecule has 0 saturated carbocycles. The first-order chi connectivity index (χ1) is 13.8. The zero-order valence-corrected chi connectivity index (χ0v) is 17.9. The minimum absolute atomic E-state index is 0.139. The van der Waals surface area contributed by atoms with Crippen LogP contribution in [0.5, 0.6) is 5.75 Å². The molecule has 8 heteroatoms. The third-order valence-electron chi connectivity index (χ3n) is 3.81. The predicted octanol–water partition coefficient (Wildman–Crippen LogP) is 4.91. The number of halogens is 1. The fourth-order valence-corrected chi connectivity index (χ4v) is 4.10. The molecular weight excluding hydrogens is 430 g/mol. The fraction of sp³-hybridized carbons (Fsp3) is 0.0952. The lowest BCUT2D eigenvalue weighted by molar-refractivity contribution is -0.118. The van der Waals surface area contributed by atoms with Gasteiger partial charge >= 0.3 is 0 Å². The van der Waals surface area contributed by atoms with Crippen molar-refractivity contribution in [2.75, 3.05) is 18.2 Å². The van der Waals surface area contributed by atoms with Gasteiger partial charge in [0.1, 0.15) is 5.75 Å². The SMILES string of the molecule is CS(=O)(=O)c1cccc(OCC(=O)Nc2ccccc2Sc2ccc(Cl)cc2)c1. The topological polar surface area (TPSA) is 72.5 Å². The second-order valence-electron chi connectivity index (χ2n) is 6.14. The average molecular weight is 448 g/mol. The highest BCUT2D eigenvalue weighted by Crippen LogP contribution is 2.33. The van der Waals surface area contributed by atoms with Crippen LogP contribution < -0.4 is 10.1 Å². The Kier molecular flexibility index (Phi) is 6.84. The average Bonchev–Trinajstić information content (AvgIpc) is 2.69. The molecule has 3 aromatic carbocycles. The van der Waals surface area contributed by atoms with Gasteiger partial charge in [-0.25, -0.2) is 8.42 Å². The number of sulfone groups is 1. The Hall–Kier alpha value is -2.48. The van der Waals surface area contributed by atoms with Crippen LogP contribution in [0, 0.1) is 0 Å². The summed E-state index contributed by atoms with van der Waals surface area (Å²) < 4.78 is 28.7. The maximum Gasteiger partial charge on any atom is 0.262 e. The normalized spacial score (nSPS) is 11.1. The van der Waals surface area contributed by atoms with Gasteiger partial charge in [0.15, 0.2) is 16.4 Å². The smallest absolute Gasteiger partial charge is 0.262 e. The molecule has 0 spiro atoms. The van der Waals surface area contributed by atoms with E-state index in [-0.39, 0.29) is 17.4 Å². The zero-order chi connectivity index (χ0) is 20.9. The summed E-state index contributed by atoms with van der Waals surface area (Å²) in [6.45, 7) is -0.243. The number of hydrogen-bond acceptors (Lipinski definition) is 5. The molecule has 1 N–H and O–H groups in total. The van der Waals surface area contributed by atoms with Crippen molar-refractivity contribution in [3.63, 3.8) is 0 Å². The molecule has 5 nitrogen and oxygen atoms in total. The highest BCUT2D eigenvalue weighted by Gasteiger charge is 2.11. The minimum Gasteiger partial charge on any atom is -0.484 e. The first kappa shape index (κ1) is 21.2. The summed E-state index contributed by atoms with van der Waals surface area (Å²) in [7, 11) is -3.34. The Morgan fingerprint density at radius 1 is 1.03 bits per heavy atom. The van der Waals surface area contributed by atoms with Gasteiger partial charge < -0.3 is 10.1 Å². The molecule has 150 valence electrons. The molecule has 0 aliphatic carbocycles. The molecule has 0 atom stereocenters. The van der Waals surface area contributed by atoms with Gasteiger partial charge in [-0.3, -0.25) is 4.79 Å². The van der Waals surface area contributed by atoms with Crippen molar-refractivity contribution in [3.8, 4) is 5.75 Å². The van der Waals surface area contributed by atoms with Crippen molar-refractivity contribution in [2.45, 2.75) is 14.7 Å². The number of hydrogen-bond donors (Lipinski definition) is 1. The van der Waals surface area contributed by atoms with Crippen LogP contribution in [0.2, 0.25) is 5.02 Å². The summed E-state index contributed by atoms with van der Waals surface area (Å²) in [6, 6.07) is 20.9. The van der Waals surface area contributed by atoms with Crippen LogP contribution in [-0.4, -0.2) is 27.2 Å². The molecule has 1 amide bonds. The number of benzene rings is 3. The highest BCUT2D eigenvalue weighted by atomic mass is 35.5. The Labute approximate surface area is 179 Å². The zero-order valence-electron chi connectivity index (χ0n) is 15.5. The Balaban J connectivity index is 1.65. The first-order valence-electron chi connectivity index (χ1n) is 8.56. The van der Waals surface area contributed by atoms with Gasteiger partial charge in [0, 0.05) is 21.1 Å². The van der Waals surface area contributed by atoms with E-state index >= 15 is 0 Å². The van der Waals surface area contributed by atoms with Crippen molar-refractivity contribution >= 4 is 44.8 Å². The van der Waals surface area contributed by atoms with Gasteiger partial charge in [-0.05, 0) is 54.6 Å². The maximum atomic E-state index is 12.3. The lowest BCUT2D eigenvalue weighted by Crippen LogP contribution is -2.20. The van der Waals surface area contributed by atoms with Crippen LogP contribution >= 0.6 is 23.4 Å². The van der Waals surface area contributed by atoms with Gasteiger partial charge in [-0.1, -0.05) is 41.6 Å². The van der Waals surface area contributed by atoms with Gasteiger partial charge in [0.05, 0.1) is 10.6 Å². The van der Waals surface area contributed by atoms with Gasteiger partial charge in [0.25, 0.3) is 5.91 Å². The number of nitrogens with one attached hydrogen (secondary N) is 1. The van der Waals surface area contributed by atoms with E-state index < -0.39 is 9.84 Å². The number of carbonyl (C=O) groups is 1. The molecule has 0 aliphatic rings. The molecule has 0 heterocycles. The summed E-state index contributed by atoms with van der Waals surface area (Å²) >= 11 is 7.42. The lowest BCUT2D eigenvalue weighted by Gasteiger charge is -2.12. The summed E-state index contributed by atoms with van der Waals surface area (Å²) in [5.41, 5.74) is 0.658. The van der Waals surface area contributed by atoms with E-state index in [1.54, 1.807) is 18.2 Å². The number of anilines is 1. The molecule has 0 aliphatic heterocycles. The number of carbonyl (C=O) groups excluding carboxylic acids is 1. The highest BCUT2D eigenvalue weighted by molar-refractivity contribution is 7.99. The minimum atomic E-state index is -3.34. The summed E-state index contributed by atoms with van der Waals surface area (Å²) in [4.78, 5) is 14.3. The summed E-state index contributed by atoms with van der Waals surface area (Å²) in [5.74, 6) is -0.0363. The van der Waals surface area contributed by atoms with Crippen molar-refractivity contribution in [1.82, 2.24) is 0 Å². The van der Waals surface area contributed by atoms with E-state index in [0.29, 0.717) is 16.5 Å². The number of amides is 1. The quantitative estimate of drug-likeness (QED) is 0.557. The largest absolute Gasteiger partial charge is 0.484 e. The Morgan fingerprint density at radius 3 is 2.48 bits per heavy atom. The molecule has 0 unspecified atom stereocenters. The molecular formula is C21H18ClNO4S2. The van der Waals surface area contributed by atoms with E-state index in [4.69, 9.17) is 16.3 Å². The van der Waals surface area contributed by atoms with Gasteiger partial charge in [-0.2, -0.15) is 0 Å². The first-order valence-corrected chi connectivity index (χ1v) is 11.6. The Morgan fingerprint density at radius 2 is 1.76 bits per heavy atom. The predicted molar refractivity (Wildman–Crippen MR) is 116 cm³/mol. The fourth-order valence-electron chi connectivity index (χ4n) is 2.42. The van der Waals surface area contributed by atoms with Crippen LogP contribution in [0.15, 0.2) is 87.5 Å². The molecule has 0 aromatic heterocycles. The van der Waals surface area contributed by atoms with Crippen molar-refractivity contribution in [3.05, 3.63) is 77.8 Å². The third kappa shape index (κ3) is 6.25. The van der Waals surface area contributed by atoms with E-state index in [9.17, 15) is 13.2 Å². The Bertz CT molecular complexity index is 1120. The molecule has 29 heavy (non-hydrogen) atoms. The molecule has 0 fully saturated rings. The van der Waals surface area contributed by atoms with Crippen LogP contribution in [0.3, 0.4) is 0 Å². The van der Waals surface area contributed by atoms with Gasteiger partial charge in [0.2, 0.25) is 0 Å². The maximum absolute atomic E-state index is 12.3. The van der Waals surface area contributed by atoms with E-state index in [2.05, 4.69) is 5.32 Å². The molecule has 3 aromatic rings. The lowest BCUT2D eigenvalue weighted by atomic mass is 10.3. The van der Waals surface area contributed by atoms with E-state index in [0.717, 1.165) is 16.0 Å². The number of ether oxygens (including phenoxy) is 1. The van der Waals surface area contributed by atoms with Crippen molar-refractivity contribution in [1.29, 1.82) is 0 Å². The standard InChI is InChI=1S/C21H18ClNO4S2/c1-29(25,26)18-6-4-5-16(13-18)27-14-21(24)23-19-7-2-3-8-20(19)28-17-11-9-15(22)10-12-17/h2-13H,14H2,1H3,(H,23,24). The van der Waals surface area contributed by atoms with Crippen molar-refractivity contribution in [2.24, 2.45) is 0 Å². The summed E-state index contributed by atoms with van der Waals surface area (Å²) in [5, 5.41) is 3.49. The second kappa shape index (κ2) is 9.35. The monoisotopic (exact) mass is 447 g/mol. The number of para-hydroxylation sites is 1. The van der Waals surface area contributed by atoms with Crippen LogP contribution in [0.1, 0.15) is 0 Å². The van der Waals surface area contributed by atoms with Crippen LogP contribution in [0.4, 0.5) is 5.69 Å². The third-order valence-corrected chi connectivity index (χ3v) is 6.25. The molecule has 0 radical (unpaired) electrons. The van der Waals surface area contributed by atoms with E-state index in [1.165, 1.54) is 23.9 Å². The molecule has 3 rings (SSSR count). The summed E-state index contributed by atoms with van der Waals surface area (Å²) in [6.07, 6.45) is 1.12. The van der Waals surface area contributed by atoms with Crippen LogP contribution in [-0.2, 0) is 14.6 Å². The van der Waals surface area contributed by atoms with Gasteiger partial charge in [-0.15, -0.1) is 0 Å². The second-order valence-corrected chi connectivity index (χ2v) is 9.70. The van der Waals surface area contributed by atoms with E-state index in [1.807, 2.05) is 42.5 Å². The number of rotatable bonds is 7. The van der Waals surface area contributed by atoms with Crippen LogP contribution in [0.25, 0.3) is 0 Å².